The molecular formula is C21H17FN6O3. The van der Waals surface area contributed by atoms with E-state index in [0.29, 0.717) is 16.5 Å². The Hall–Kier alpha value is -4.34. The van der Waals surface area contributed by atoms with Crippen LogP contribution in [0.3, 0.4) is 0 Å². The zero-order chi connectivity index (χ0) is 22.1. The molecule has 0 saturated heterocycles. The van der Waals surface area contributed by atoms with Crippen LogP contribution >= 0.6 is 0 Å². The molecule has 2 amide bonds. The molecule has 10 heteroatoms. The Morgan fingerprint density at radius 2 is 1.61 bits per heavy atom. The molecule has 2 heterocycles. The van der Waals surface area contributed by atoms with Crippen molar-refractivity contribution >= 4 is 22.6 Å². The number of aryl methyl sites for hydroxylation is 1. The number of hydrogen-bond donors (Lipinski definition) is 2. The number of hydrazine groups is 1. The average Bonchev–Trinajstić information content (AvgIpc) is 3.16. The van der Waals surface area contributed by atoms with Crippen molar-refractivity contribution in [2.24, 2.45) is 7.05 Å². The first-order chi connectivity index (χ1) is 14.9. The van der Waals surface area contributed by atoms with Gasteiger partial charge in [0, 0.05) is 12.4 Å². The molecule has 4 rings (SSSR count). The standard InChI is InChI=1S/C21H17FN6O3/c1-12-15(11-23-28(12)17-10-6-5-9-16(17)22)19(29)24-25-20(30)18-13-7-3-4-8-14(13)21(31)27(2)26-18/h3-11H,1-2H3,(H,24,29)(H,25,30). The molecule has 0 bridgehead atoms. The summed E-state index contributed by atoms with van der Waals surface area (Å²) >= 11 is 0. The highest BCUT2D eigenvalue weighted by atomic mass is 19.1. The van der Waals surface area contributed by atoms with E-state index in [-0.39, 0.29) is 22.5 Å². The zero-order valence-electron chi connectivity index (χ0n) is 16.6. The van der Waals surface area contributed by atoms with Gasteiger partial charge in [-0.1, -0.05) is 30.3 Å². The predicted molar refractivity (Wildman–Crippen MR) is 110 cm³/mol. The van der Waals surface area contributed by atoms with E-state index >= 15 is 0 Å². The third-order valence-corrected chi connectivity index (χ3v) is 4.80. The second-order valence-corrected chi connectivity index (χ2v) is 6.74. The summed E-state index contributed by atoms with van der Waals surface area (Å²) in [4.78, 5) is 37.4. The summed E-state index contributed by atoms with van der Waals surface area (Å²) in [6, 6.07) is 12.6. The Bertz CT molecular complexity index is 1390. The zero-order valence-corrected chi connectivity index (χ0v) is 16.6. The number of fused-ring (bicyclic) bond motifs is 1. The van der Waals surface area contributed by atoms with Gasteiger partial charge in [-0.15, -0.1) is 0 Å². The summed E-state index contributed by atoms with van der Waals surface area (Å²) < 4.78 is 16.4. The van der Waals surface area contributed by atoms with Crippen LogP contribution in [0.4, 0.5) is 4.39 Å². The van der Waals surface area contributed by atoms with E-state index in [1.165, 1.54) is 30.1 Å². The average molecular weight is 420 g/mol. The number of hydrogen-bond acceptors (Lipinski definition) is 5. The summed E-state index contributed by atoms with van der Waals surface area (Å²) in [5, 5.41) is 8.77. The molecule has 0 aliphatic rings. The van der Waals surface area contributed by atoms with Crippen LogP contribution in [0.2, 0.25) is 0 Å². The number of carbonyl (C=O) groups is 2. The maximum Gasteiger partial charge on any atom is 0.290 e. The second kappa shape index (κ2) is 7.82. The number of halogens is 1. The summed E-state index contributed by atoms with van der Waals surface area (Å²) in [6.07, 6.45) is 1.28. The fraction of sp³-hybridized carbons (Fsp3) is 0.0952. The minimum Gasteiger partial charge on any atom is -0.267 e. The Balaban J connectivity index is 1.56. The van der Waals surface area contributed by atoms with Crippen LogP contribution in [0.25, 0.3) is 16.5 Å². The van der Waals surface area contributed by atoms with Gasteiger partial charge in [0.25, 0.3) is 17.4 Å². The third kappa shape index (κ3) is 3.54. The highest BCUT2D eigenvalue weighted by Gasteiger charge is 2.19. The largest absolute Gasteiger partial charge is 0.290 e. The van der Waals surface area contributed by atoms with E-state index in [0.717, 1.165) is 4.68 Å². The van der Waals surface area contributed by atoms with Gasteiger partial charge in [0.05, 0.1) is 22.8 Å². The number of carbonyl (C=O) groups excluding carboxylic acids is 2. The quantitative estimate of drug-likeness (QED) is 0.490. The van der Waals surface area contributed by atoms with Gasteiger partial charge in [0.15, 0.2) is 5.69 Å². The predicted octanol–water partition coefficient (Wildman–Crippen LogP) is 1.64. The molecule has 0 saturated carbocycles. The number of nitrogens with one attached hydrogen (secondary N) is 2. The highest BCUT2D eigenvalue weighted by molar-refractivity contribution is 6.06. The Kier molecular flexibility index (Phi) is 5.04. The van der Waals surface area contributed by atoms with E-state index < -0.39 is 17.6 Å². The number of benzene rings is 2. The summed E-state index contributed by atoms with van der Waals surface area (Å²) in [6.45, 7) is 1.61. The van der Waals surface area contributed by atoms with Gasteiger partial charge in [-0.3, -0.25) is 25.2 Å². The molecule has 4 aromatic rings. The summed E-state index contributed by atoms with van der Waals surface area (Å²) in [5.41, 5.74) is 4.99. The molecule has 0 radical (unpaired) electrons. The van der Waals surface area contributed by atoms with Crippen LogP contribution in [-0.2, 0) is 7.05 Å². The first-order valence-electron chi connectivity index (χ1n) is 9.24. The van der Waals surface area contributed by atoms with Crippen LogP contribution in [0.5, 0.6) is 0 Å². The van der Waals surface area contributed by atoms with Crippen LogP contribution in [-0.4, -0.2) is 31.4 Å². The maximum atomic E-state index is 14.0. The van der Waals surface area contributed by atoms with Crippen molar-refractivity contribution in [3.63, 3.8) is 0 Å². The molecule has 0 aliphatic heterocycles. The molecule has 0 fully saturated rings. The van der Waals surface area contributed by atoms with E-state index in [1.54, 1.807) is 43.3 Å². The lowest BCUT2D eigenvalue weighted by molar-refractivity contribution is 0.0843. The number of amides is 2. The topological polar surface area (TPSA) is 111 Å². The van der Waals surface area contributed by atoms with Crippen LogP contribution in [0.1, 0.15) is 26.5 Å². The van der Waals surface area contributed by atoms with Crippen molar-refractivity contribution in [2.45, 2.75) is 6.92 Å². The molecule has 0 atom stereocenters. The molecule has 156 valence electrons. The van der Waals surface area contributed by atoms with Crippen molar-refractivity contribution in [1.82, 2.24) is 30.4 Å². The lowest BCUT2D eigenvalue weighted by atomic mass is 10.1. The van der Waals surface area contributed by atoms with Crippen LogP contribution < -0.4 is 16.4 Å². The molecular weight excluding hydrogens is 403 g/mol. The van der Waals surface area contributed by atoms with Crippen LogP contribution in [0, 0.1) is 12.7 Å². The molecule has 2 N–H and O–H groups in total. The SMILES string of the molecule is Cc1c(C(=O)NNC(=O)c2nn(C)c(=O)c3ccccc23)cnn1-c1ccccc1F. The Morgan fingerprint density at radius 1 is 0.968 bits per heavy atom. The van der Waals surface area contributed by atoms with Gasteiger partial charge in [0.1, 0.15) is 11.5 Å². The van der Waals surface area contributed by atoms with Gasteiger partial charge < -0.3 is 0 Å². The van der Waals surface area contributed by atoms with E-state index in [2.05, 4.69) is 21.0 Å². The fourth-order valence-electron chi connectivity index (χ4n) is 3.21. The van der Waals surface area contributed by atoms with Crippen LogP contribution in [0.15, 0.2) is 59.5 Å². The number of rotatable bonds is 3. The van der Waals surface area contributed by atoms with Gasteiger partial charge in [0.2, 0.25) is 0 Å². The smallest absolute Gasteiger partial charge is 0.267 e. The van der Waals surface area contributed by atoms with E-state index in [9.17, 15) is 18.8 Å². The van der Waals surface area contributed by atoms with E-state index in [1.807, 2.05) is 0 Å². The molecule has 0 spiro atoms. The third-order valence-electron chi connectivity index (χ3n) is 4.80. The number of nitrogens with zero attached hydrogens (tertiary/aromatic N) is 4. The molecule has 0 unspecified atom stereocenters. The van der Waals surface area contributed by atoms with Gasteiger partial charge in [-0.05, 0) is 25.1 Å². The summed E-state index contributed by atoms with van der Waals surface area (Å²) in [7, 11) is 1.44. The lowest BCUT2D eigenvalue weighted by Gasteiger charge is -2.10. The van der Waals surface area contributed by atoms with E-state index in [4.69, 9.17) is 0 Å². The van der Waals surface area contributed by atoms with Gasteiger partial charge in [-0.2, -0.15) is 10.2 Å². The maximum absolute atomic E-state index is 14.0. The molecule has 2 aromatic carbocycles. The lowest BCUT2D eigenvalue weighted by Crippen LogP contribution is -2.42. The van der Waals surface area contributed by atoms with Crippen molar-refractivity contribution in [3.8, 4) is 5.69 Å². The minimum absolute atomic E-state index is 0.0169. The van der Waals surface area contributed by atoms with Crippen molar-refractivity contribution in [3.05, 3.63) is 87.9 Å². The van der Waals surface area contributed by atoms with Crippen molar-refractivity contribution in [1.29, 1.82) is 0 Å². The number of para-hydroxylation sites is 1. The monoisotopic (exact) mass is 420 g/mol. The normalized spacial score (nSPS) is 10.8. The first kappa shape index (κ1) is 20.0. The number of aromatic nitrogens is 4. The van der Waals surface area contributed by atoms with Gasteiger partial charge >= 0.3 is 0 Å². The molecule has 2 aromatic heterocycles. The van der Waals surface area contributed by atoms with Crippen molar-refractivity contribution in [2.75, 3.05) is 0 Å². The van der Waals surface area contributed by atoms with Gasteiger partial charge in [-0.25, -0.2) is 13.8 Å². The second-order valence-electron chi connectivity index (χ2n) is 6.74. The fourth-order valence-corrected chi connectivity index (χ4v) is 3.21. The molecule has 9 nitrogen and oxygen atoms in total. The minimum atomic E-state index is -0.695. The Labute approximate surface area is 175 Å². The first-order valence-corrected chi connectivity index (χ1v) is 9.24. The highest BCUT2D eigenvalue weighted by Crippen LogP contribution is 2.17. The molecule has 0 aliphatic carbocycles. The molecule has 31 heavy (non-hydrogen) atoms. The Morgan fingerprint density at radius 3 is 2.35 bits per heavy atom. The van der Waals surface area contributed by atoms with Crippen molar-refractivity contribution < 1.29 is 14.0 Å². The summed E-state index contributed by atoms with van der Waals surface area (Å²) in [5.74, 6) is -1.82.